The topological polar surface area (TPSA) is 98.0 Å². The van der Waals surface area contributed by atoms with Crippen LogP contribution in [0, 0.1) is 5.92 Å². The van der Waals surface area contributed by atoms with E-state index in [2.05, 4.69) is 0 Å². The largest absolute Gasteiger partial charge is 0.508 e. The maximum atomic E-state index is 10.6. The third kappa shape index (κ3) is 1.56. The zero-order valence-corrected chi connectivity index (χ0v) is 7.71. The summed E-state index contributed by atoms with van der Waals surface area (Å²) in [5.74, 6) is -2.74. The highest BCUT2D eigenvalue weighted by atomic mass is 16.4. The van der Waals surface area contributed by atoms with Crippen LogP contribution in [-0.2, 0) is 4.79 Å². The SMILES string of the molecule is O=C(O)C1CC1c1cc(O)cc(O)c1O. The molecule has 0 heterocycles. The minimum absolute atomic E-state index is 0.184. The molecule has 1 fully saturated rings. The molecule has 15 heavy (non-hydrogen) atoms. The smallest absolute Gasteiger partial charge is 0.307 e. The van der Waals surface area contributed by atoms with Crippen molar-refractivity contribution < 1.29 is 25.2 Å². The van der Waals surface area contributed by atoms with Crippen molar-refractivity contribution >= 4 is 5.97 Å². The van der Waals surface area contributed by atoms with E-state index >= 15 is 0 Å². The van der Waals surface area contributed by atoms with Crippen molar-refractivity contribution in [1.29, 1.82) is 0 Å². The summed E-state index contributed by atoms with van der Waals surface area (Å²) in [5, 5.41) is 36.6. The quantitative estimate of drug-likeness (QED) is 0.431. The second-order valence-corrected chi connectivity index (χ2v) is 3.69. The molecule has 1 aromatic carbocycles. The third-order valence-electron chi connectivity index (χ3n) is 2.61. The van der Waals surface area contributed by atoms with Gasteiger partial charge in [0.25, 0.3) is 0 Å². The van der Waals surface area contributed by atoms with Crippen LogP contribution in [0.3, 0.4) is 0 Å². The molecular weight excluding hydrogens is 200 g/mol. The number of hydrogen-bond donors (Lipinski definition) is 4. The Hall–Kier alpha value is -1.91. The maximum Gasteiger partial charge on any atom is 0.307 e. The van der Waals surface area contributed by atoms with E-state index in [0.717, 1.165) is 6.07 Å². The fraction of sp³-hybridized carbons (Fsp3) is 0.300. The van der Waals surface area contributed by atoms with Crippen LogP contribution in [0.4, 0.5) is 0 Å². The molecule has 2 unspecified atom stereocenters. The molecule has 80 valence electrons. The molecule has 0 saturated heterocycles. The van der Waals surface area contributed by atoms with Gasteiger partial charge in [-0.15, -0.1) is 0 Å². The lowest BCUT2D eigenvalue weighted by molar-refractivity contribution is -0.138. The Balaban J connectivity index is 2.34. The Morgan fingerprint density at radius 2 is 1.93 bits per heavy atom. The van der Waals surface area contributed by atoms with Crippen LogP contribution in [-0.4, -0.2) is 26.4 Å². The first kappa shape index (κ1) is 9.64. The van der Waals surface area contributed by atoms with E-state index < -0.39 is 17.6 Å². The first-order valence-corrected chi connectivity index (χ1v) is 4.48. The number of aliphatic carboxylic acids is 1. The Morgan fingerprint density at radius 3 is 2.47 bits per heavy atom. The van der Waals surface area contributed by atoms with Crippen molar-refractivity contribution in [2.45, 2.75) is 12.3 Å². The molecule has 2 rings (SSSR count). The Kier molecular flexibility index (Phi) is 1.96. The van der Waals surface area contributed by atoms with Crippen LogP contribution < -0.4 is 0 Å². The highest BCUT2D eigenvalue weighted by molar-refractivity contribution is 5.76. The standard InChI is InChI=1S/C10H10O5/c11-4-1-6(9(13)8(12)2-4)5-3-7(5)10(14)15/h1-2,5,7,11-13H,3H2,(H,14,15). The molecule has 1 saturated carbocycles. The van der Waals surface area contributed by atoms with Crippen LogP contribution in [0.1, 0.15) is 17.9 Å². The van der Waals surface area contributed by atoms with Gasteiger partial charge < -0.3 is 20.4 Å². The monoisotopic (exact) mass is 210 g/mol. The van der Waals surface area contributed by atoms with Crippen molar-refractivity contribution in [3.63, 3.8) is 0 Å². The summed E-state index contributed by atoms with van der Waals surface area (Å²) in [6.45, 7) is 0. The number of phenolic OH excluding ortho intramolecular Hbond substituents is 3. The first-order chi connectivity index (χ1) is 7.00. The molecule has 1 aromatic rings. The van der Waals surface area contributed by atoms with E-state index in [4.69, 9.17) is 5.11 Å². The lowest BCUT2D eigenvalue weighted by Crippen LogP contribution is -1.99. The molecule has 5 nitrogen and oxygen atoms in total. The fourth-order valence-corrected chi connectivity index (χ4v) is 1.72. The van der Waals surface area contributed by atoms with Crippen molar-refractivity contribution in [3.8, 4) is 17.2 Å². The number of benzene rings is 1. The number of rotatable bonds is 2. The van der Waals surface area contributed by atoms with Gasteiger partial charge in [-0.2, -0.15) is 0 Å². The number of hydrogen-bond acceptors (Lipinski definition) is 4. The second kappa shape index (κ2) is 3.05. The average Bonchev–Trinajstić information content (AvgIpc) is 2.90. The van der Waals surface area contributed by atoms with Crippen LogP contribution in [0.2, 0.25) is 0 Å². The summed E-state index contributed by atoms with van der Waals surface area (Å²) in [7, 11) is 0. The number of carboxylic acids is 1. The Labute approximate surface area is 85.2 Å². The molecule has 5 heteroatoms. The molecule has 0 amide bonds. The Morgan fingerprint density at radius 1 is 1.27 bits per heavy atom. The Bertz CT molecular complexity index is 426. The zero-order chi connectivity index (χ0) is 11.2. The summed E-state index contributed by atoms with van der Waals surface area (Å²) in [4.78, 5) is 10.6. The van der Waals surface area contributed by atoms with E-state index in [-0.39, 0.29) is 17.4 Å². The van der Waals surface area contributed by atoms with Crippen molar-refractivity contribution in [2.75, 3.05) is 0 Å². The first-order valence-electron chi connectivity index (χ1n) is 4.48. The summed E-state index contributed by atoms with van der Waals surface area (Å²) in [6.07, 6.45) is 0.422. The molecule has 2 atom stereocenters. The number of carboxylic acid groups (broad SMARTS) is 1. The van der Waals surface area contributed by atoms with E-state index in [0.29, 0.717) is 12.0 Å². The van der Waals surface area contributed by atoms with Crippen molar-refractivity contribution in [1.82, 2.24) is 0 Å². The van der Waals surface area contributed by atoms with Gasteiger partial charge in [0.2, 0.25) is 0 Å². The van der Waals surface area contributed by atoms with Gasteiger partial charge >= 0.3 is 5.97 Å². The molecule has 4 N–H and O–H groups in total. The normalized spacial score (nSPS) is 23.7. The van der Waals surface area contributed by atoms with E-state index in [1.165, 1.54) is 6.07 Å². The zero-order valence-electron chi connectivity index (χ0n) is 7.71. The molecular formula is C10H10O5. The lowest BCUT2D eigenvalue weighted by atomic mass is 10.1. The minimum atomic E-state index is -0.928. The van der Waals surface area contributed by atoms with Crippen LogP contribution in [0.15, 0.2) is 12.1 Å². The molecule has 0 aliphatic heterocycles. The highest BCUT2D eigenvalue weighted by Gasteiger charge is 2.46. The third-order valence-corrected chi connectivity index (χ3v) is 2.61. The second-order valence-electron chi connectivity index (χ2n) is 3.69. The minimum Gasteiger partial charge on any atom is -0.508 e. The highest BCUT2D eigenvalue weighted by Crippen LogP contribution is 2.52. The van der Waals surface area contributed by atoms with Gasteiger partial charge in [-0.25, -0.2) is 0 Å². The summed E-state index contributed by atoms with van der Waals surface area (Å²) in [5.41, 5.74) is 0.292. The maximum absolute atomic E-state index is 10.6. The number of aromatic hydroxyl groups is 3. The molecule has 1 aliphatic rings. The van der Waals surface area contributed by atoms with E-state index in [1.807, 2.05) is 0 Å². The number of phenols is 3. The van der Waals surface area contributed by atoms with Gasteiger partial charge in [-0.1, -0.05) is 0 Å². The van der Waals surface area contributed by atoms with Gasteiger partial charge in [0.1, 0.15) is 5.75 Å². The molecule has 0 spiro atoms. The summed E-state index contributed by atoms with van der Waals surface area (Å²) >= 11 is 0. The van der Waals surface area contributed by atoms with E-state index in [9.17, 15) is 20.1 Å². The molecule has 0 bridgehead atoms. The van der Waals surface area contributed by atoms with Gasteiger partial charge in [-0.3, -0.25) is 4.79 Å². The lowest BCUT2D eigenvalue weighted by Gasteiger charge is -2.05. The van der Waals surface area contributed by atoms with Crippen LogP contribution in [0.25, 0.3) is 0 Å². The predicted molar refractivity (Wildman–Crippen MR) is 49.9 cm³/mol. The fourth-order valence-electron chi connectivity index (χ4n) is 1.72. The van der Waals surface area contributed by atoms with Crippen LogP contribution in [0.5, 0.6) is 17.2 Å². The summed E-state index contributed by atoms with van der Waals surface area (Å²) in [6, 6.07) is 2.29. The summed E-state index contributed by atoms with van der Waals surface area (Å²) < 4.78 is 0. The molecule has 0 radical (unpaired) electrons. The van der Waals surface area contributed by atoms with Crippen molar-refractivity contribution in [3.05, 3.63) is 17.7 Å². The van der Waals surface area contributed by atoms with Gasteiger partial charge in [0, 0.05) is 17.5 Å². The van der Waals surface area contributed by atoms with Gasteiger partial charge in [-0.05, 0) is 12.5 Å². The number of carbonyl (C=O) groups is 1. The van der Waals surface area contributed by atoms with E-state index in [1.54, 1.807) is 0 Å². The van der Waals surface area contributed by atoms with Gasteiger partial charge in [0.15, 0.2) is 11.5 Å². The molecule has 1 aliphatic carbocycles. The van der Waals surface area contributed by atoms with Gasteiger partial charge in [0.05, 0.1) is 5.92 Å². The van der Waals surface area contributed by atoms with Crippen molar-refractivity contribution in [2.24, 2.45) is 5.92 Å². The predicted octanol–water partition coefficient (Wildman–Crippen LogP) is 0.991. The average molecular weight is 210 g/mol. The van der Waals surface area contributed by atoms with Crippen LogP contribution >= 0.6 is 0 Å². The molecule has 0 aromatic heterocycles.